The molecular weight excluding hydrogens is 374 g/mol. The third-order valence-corrected chi connectivity index (χ3v) is 5.33. The van der Waals surface area contributed by atoms with E-state index in [0.717, 1.165) is 0 Å². The highest BCUT2D eigenvalue weighted by Gasteiger charge is 2.22. The van der Waals surface area contributed by atoms with Gasteiger partial charge in [0, 0.05) is 11.7 Å². The second-order valence-electron chi connectivity index (χ2n) is 6.28. The van der Waals surface area contributed by atoms with Crippen LogP contribution in [0.5, 0.6) is 0 Å². The van der Waals surface area contributed by atoms with Crippen molar-refractivity contribution in [3.63, 3.8) is 0 Å². The summed E-state index contributed by atoms with van der Waals surface area (Å²) in [6.45, 7) is 6.26. The highest BCUT2D eigenvalue weighted by Crippen LogP contribution is 2.22. The van der Waals surface area contributed by atoms with Crippen LogP contribution in [-0.2, 0) is 21.4 Å². The molecule has 146 valence electrons. The zero-order valence-corrected chi connectivity index (χ0v) is 16.2. The SMILES string of the molecule is Cc1nn(CC(=O)Nc2ccc(S(=O)(=O)NC(C)C)cc2)c(C)c1[N+](=O)[O-]. The normalized spacial score (nSPS) is 11.6. The lowest BCUT2D eigenvalue weighted by molar-refractivity contribution is -0.386. The number of nitrogens with one attached hydrogen (secondary N) is 2. The molecule has 2 rings (SSSR count). The lowest BCUT2D eigenvalue weighted by Crippen LogP contribution is -2.30. The molecule has 0 fully saturated rings. The monoisotopic (exact) mass is 395 g/mol. The van der Waals surface area contributed by atoms with E-state index < -0.39 is 20.9 Å². The number of anilines is 1. The van der Waals surface area contributed by atoms with E-state index in [-0.39, 0.29) is 34.6 Å². The molecule has 0 bridgehead atoms. The van der Waals surface area contributed by atoms with E-state index in [4.69, 9.17) is 0 Å². The van der Waals surface area contributed by atoms with Crippen LogP contribution in [-0.4, -0.2) is 35.1 Å². The Kier molecular flexibility index (Phi) is 5.96. The molecule has 0 aliphatic rings. The van der Waals surface area contributed by atoms with Crippen molar-refractivity contribution in [2.24, 2.45) is 0 Å². The molecular formula is C16H21N5O5S. The summed E-state index contributed by atoms with van der Waals surface area (Å²) in [7, 11) is -3.61. The molecule has 0 radical (unpaired) electrons. The van der Waals surface area contributed by atoms with Crippen molar-refractivity contribution < 1.29 is 18.1 Å². The number of aromatic nitrogens is 2. The van der Waals surface area contributed by atoms with E-state index in [1.807, 2.05) is 0 Å². The fourth-order valence-electron chi connectivity index (χ4n) is 2.54. The van der Waals surface area contributed by atoms with Gasteiger partial charge in [0.1, 0.15) is 17.9 Å². The standard InChI is InChI=1S/C16H21N5O5S/c1-10(2)19-27(25,26)14-7-5-13(6-8-14)17-15(22)9-20-12(4)16(21(23)24)11(3)18-20/h5-8,10,19H,9H2,1-4H3,(H,17,22). The Balaban J connectivity index is 2.09. The average molecular weight is 395 g/mol. The van der Waals surface area contributed by atoms with E-state index in [1.54, 1.807) is 13.8 Å². The predicted molar refractivity (Wildman–Crippen MR) is 98.9 cm³/mol. The van der Waals surface area contributed by atoms with Gasteiger partial charge in [-0.05, 0) is 52.0 Å². The number of carbonyl (C=O) groups excluding carboxylic acids is 1. The molecule has 2 aromatic rings. The van der Waals surface area contributed by atoms with E-state index in [1.165, 1.54) is 42.8 Å². The van der Waals surface area contributed by atoms with Gasteiger partial charge in [-0.2, -0.15) is 5.10 Å². The van der Waals surface area contributed by atoms with Crippen molar-refractivity contribution in [3.8, 4) is 0 Å². The Labute approximate surface area is 156 Å². The summed E-state index contributed by atoms with van der Waals surface area (Å²) in [6, 6.07) is 5.47. The molecule has 1 aromatic heterocycles. The summed E-state index contributed by atoms with van der Waals surface area (Å²) in [4.78, 5) is 22.7. The second kappa shape index (κ2) is 7.84. The van der Waals surface area contributed by atoms with Crippen LogP contribution < -0.4 is 10.0 Å². The van der Waals surface area contributed by atoms with Crippen molar-refractivity contribution >= 4 is 27.3 Å². The Morgan fingerprint density at radius 2 is 1.85 bits per heavy atom. The van der Waals surface area contributed by atoms with Crippen LogP contribution in [0.3, 0.4) is 0 Å². The molecule has 0 aliphatic heterocycles. The maximum atomic E-state index is 12.2. The summed E-state index contributed by atoms with van der Waals surface area (Å²) >= 11 is 0. The molecule has 0 atom stereocenters. The Hall–Kier alpha value is -2.79. The first-order chi connectivity index (χ1) is 12.5. The van der Waals surface area contributed by atoms with Crippen LogP contribution in [0.15, 0.2) is 29.2 Å². The van der Waals surface area contributed by atoms with Gasteiger partial charge in [0.05, 0.1) is 9.82 Å². The van der Waals surface area contributed by atoms with E-state index in [9.17, 15) is 23.3 Å². The average Bonchev–Trinajstić information content (AvgIpc) is 2.80. The number of benzene rings is 1. The number of nitrogens with zero attached hydrogens (tertiary/aromatic N) is 3. The van der Waals surface area contributed by atoms with Crippen LogP contribution >= 0.6 is 0 Å². The molecule has 0 saturated carbocycles. The van der Waals surface area contributed by atoms with Gasteiger partial charge in [0.25, 0.3) is 0 Å². The predicted octanol–water partition coefficient (Wildman–Crippen LogP) is 1.73. The molecule has 11 heteroatoms. The number of carbonyl (C=O) groups is 1. The Bertz CT molecular complexity index is 964. The zero-order valence-electron chi connectivity index (χ0n) is 15.4. The smallest absolute Gasteiger partial charge is 0.312 e. The first-order valence-corrected chi connectivity index (χ1v) is 9.60. The molecule has 0 unspecified atom stereocenters. The van der Waals surface area contributed by atoms with Gasteiger partial charge in [-0.1, -0.05) is 0 Å². The quantitative estimate of drug-likeness (QED) is 0.541. The first-order valence-electron chi connectivity index (χ1n) is 8.12. The molecule has 0 aliphatic carbocycles. The summed E-state index contributed by atoms with van der Waals surface area (Å²) < 4.78 is 27.9. The largest absolute Gasteiger partial charge is 0.324 e. The van der Waals surface area contributed by atoms with Gasteiger partial charge in [0.2, 0.25) is 15.9 Å². The third kappa shape index (κ3) is 4.89. The number of sulfonamides is 1. The van der Waals surface area contributed by atoms with Crippen LogP contribution in [0.2, 0.25) is 0 Å². The third-order valence-electron chi connectivity index (χ3n) is 3.66. The van der Waals surface area contributed by atoms with Crippen LogP contribution in [0.25, 0.3) is 0 Å². The van der Waals surface area contributed by atoms with E-state index in [2.05, 4.69) is 15.1 Å². The zero-order chi connectivity index (χ0) is 20.4. The summed E-state index contributed by atoms with van der Waals surface area (Å²) in [5, 5.41) is 17.6. The van der Waals surface area contributed by atoms with Crippen LogP contribution in [0.1, 0.15) is 25.2 Å². The van der Waals surface area contributed by atoms with Crippen molar-refractivity contribution in [1.82, 2.24) is 14.5 Å². The molecule has 10 nitrogen and oxygen atoms in total. The molecule has 1 amide bonds. The fraction of sp³-hybridized carbons (Fsp3) is 0.375. The number of aryl methyl sites for hydroxylation is 1. The minimum Gasteiger partial charge on any atom is -0.324 e. The van der Waals surface area contributed by atoms with E-state index >= 15 is 0 Å². The van der Waals surface area contributed by atoms with Crippen molar-refractivity contribution in [2.45, 2.75) is 45.2 Å². The molecule has 27 heavy (non-hydrogen) atoms. The fourth-order valence-corrected chi connectivity index (χ4v) is 3.79. The minimum absolute atomic E-state index is 0.0865. The van der Waals surface area contributed by atoms with Gasteiger partial charge in [0.15, 0.2) is 0 Å². The van der Waals surface area contributed by atoms with Gasteiger partial charge >= 0.3 is 5.69 Å². The molecule has 0 saturated heterocycles. The molecule has 2 N–H and O–H groups in total. The second-order valence-corrected chi connectivity index (χ2v) is 8.00. The number of hydrogen-bond acceptors (Lipinski definition) is 6. The Morgan fingerprint density at radius 1 is 1.26 bits per heavy atom. The van der Waals surface area contributed by atoms with Crippen molar-refractivity contribution in [2.75, 3.05) is 5.32 Å². The molecule has 1 heterocycles. The number of amides is 1. The Morgan fingerprint density at radius 3 is 2.33 bits per heavy atom. The van der Waals surface area contributed by atoms with E-state index in [0.29, 0.717) is 5.69 Å². The van der Waals surface area contributed by atoms with Crippen molar-refractivity contribution in [3.05, 3.63) is 45.8 Å². The minimum atomic E-state index is -3.61. The van der Waals surface area contributed by atoms with Crippen LogP contribution in [0.4, 0.5) is 11.4 Å². The summed E-state index contributed by atoms with van der Waals surface area (Å²) in [5.74, 6) is -0.439. The lowest BCUT2D eigenvalue weighted by Gasteiger charge is -2.10. The maximum Gasteiger partial charge on any atom is 0.312 e. The van der Waals surface area contributed by atoms with Crippen LogP contribution in [0, 0.1) is 24.0 Å². The summed E-state index contributed by atoms with van der Waals surface area (Å²) in [6.07, 6.45) is 0. The number of hydrogen-bond donors (Lipinski definition) is 2. The molecule has 0 spiro atoms. The summed E-state index contributed by atoms with van der Waals surface area (Å²) in [5.41, 5.74) is 0.806. The van der Waals surface area contributed by atoms with Gasteiger partial charge in [-0.15, -0.1) is 0 Å². The van der Waals surface area contributed by atoms with Gasteiger partial charge in [-0.3, -0.25) is 19.6 Å². The molecule has 1 aromatic carbocycles. The number of nitro groups is 1. The van der Waals surface area contributed by atoms with Crippen molar-refractivity contribution in [1.29, 1.82) is 0 Å². The highest BCUT2D eigenvalue weighted by molar-refractivity contribution is 7.89. The first kappa shape index (κ1) is 20.5. The lowest BCUT2D eigenvalue weighted by atomic mass is 10.3. The van der Waals surface area contributed by atoms with Gasteiger partial charge in [-0.25, -0.2) is 13.1 Å². The maximum absolute atomic E-state index is 12.2. The number of rotatable bonds is 7. The topological polar surface area (TPSA) is 136 Å². The highest BCUT2D eigenvalue weighted by atomic mass is 32.2. The van der Waals surface area contributed by atoms with Gasteiger partial charge < -0.3 is 5.32 Å².